The van der Waals surface area contributed by atoms with E-state index in [1.807, 2.05) is 0 Å². The zero-order valence-corrected chi connectivity index (χ0v) is 7.16. The van der Waals surface area contributed by atoms with Gasteiger partial charge in [0, 0.05) is 12.2 Å². The van der Waals surface area contributed by atoms with Crippen LogP contribution in [0.1, 0.15) is 6.42 Å². The van der Waals surface area contributed by atoms with Crippen LogP contribution in [0.3, 0.4) is 0 Å². The van der Waals surface area contributed by atoms with Crippen molar-refractivity contribution in [3.05, 3.63) is 24.3 Å². The molecule has 1 aromatic heterocycles. The number of hydrogen-bond acceptors (Lipinski definition) is 3. The Morgan fingerprint density at radius 3 is 3.15 bits per heavy atom. The van der Waals surface area contributed by atoms with Gasteiger partial charge in [0.2, 0.25) is 0 Å². The number of nitrogens with zero attached hydrogens (tertiary/aromatic N) is 1. The zero-order valence-electron chi connectivity index (χ0n) is 7.16. The quantitative estimate of drug-likeness (QED) is 0.705. The first-order valence-electron chi connectivity index (χ1n) is 4.33. The van der Waals surface area contributed by atoms with E-state index in [1.165, 1.54) is 6.20 Å². The summed E-state index contributed by atoms with van der Waals surface area (Å²) in [7, 11) is 0. The van der Waals surface area contributed by atoms with Gasteiger partial charge in [0.1, 0.15) is 6.61 Å². The van der Waals surface area contributed by atoms with Crippen molar-refractivity contribution >= 4 is 0 Å². The van der Waals surface area contributed by atoms with Gasteiger partial charge < -0.3 is 10.1 Å². The number of nitrogens with one attached hydrogen (secondary N) is 1. The molecule has 0 aromatic carbocycles. The maximum absolute atomic E-state index is 12.9. The van der Waals surface area contributed by atoms with Crippen LogP contribution in [0.4, 0.5) is 4.39 Å². The van der Waals surface area contributed by atoms with Gasteiger partial charge in [-0.15, -0.1) is 0 Å². The van der Waals surface area contributed by atoms with E-state index < -0.39 is 5.95 Å². The third-order valence-corrected chi connectivity index (χ3v) is 2.09. The molecule has 0 amide bonds. The molecule has 2 rings (SSSR count). The van der Waals surface area contributed by atoms with Crippen molar-refractivity contribution in [2.45, 2.75) is 12.5 Å². The number of aromatic nitrogens is 1. The molecule has 1 atom stereocenters. The highest BCUT2D eigenvalue weighted by Crippen LogP contribution is 2.14. The highest BCUT2D eigenvalue weighted by molar-refractivity contribution is 5.17. The number of rotatable bonds is 3. The molecule has 70 valence electrons. The van der Waals surface area contributed by atoms with Crippen molar-refractivity contribution in [2.24, 2.45) is 0 Å². The van der Waals surface area contributed by atoms with Crippen molar-refractivity contribution in [3.8, 4) is 5.75 Å². The maximum atomic E-state index is 12.9. The summed E-state index contributed by atoms with van der Waals surface area (Å²) in [5.41, 5.74) is 0. The number of hydrogen-bond donors (Lipinski definition) is 1. The van der Waals surface area contributed by atoms with Crippen LogP contribution < -0.4 is 10.1 Å². The molecule has 0 radical (unpaired) electrons. The van der Waals surface area contributed by atoms with Gasteiger partial charge >= 0.3 is 0 Å². The predicted molar refractivity (Wildman–Crippen MR) is 46.1 cm³/mol. The Kier molecular flexibility index (Phi) is 2.40. The van der Waals surface area contributed by atoms with E-state index >= 15 is 0 Å². The van der Waals surface area contributed by atoms with Crippen molar-refractivity contribution in [1.29, 1.82) is 0 Å². The lowest BCUT2D eigenvalue weighted by Gasteiger charge is -2.27. The summed E-state index contributed by atoms with van der Waals surface area (Å²) in [5, 5.41) is 3.17. The average molecular weight is 181 g/mol. The second kappa shape index (κ2) is 3.70. The third kappa shape index (κ3) is 1.95. The first-order chi connectivity index (χ1) is 6.36. The lowest BCUT2D eigenvalue weighted by molar-refractivity contribution is 0.209. The van der Waals surface area contributed by atoms with Crippen molar-refractivity contribution in [2.75, 3.05) is 13.2 Å². The lowest BCUT2D eigenvalue weighted by Crippen LogP contribution is -2.46. The van der Waals surface area contributed by atoms with Gasteiger partial charge in [-0.1, -0.05) is 0 Å². The molecule has 3 nitrogen and oxygen atoms in total. The Morgan fingerprint density at radius 1 is 1.69 bits per heavy atom. The zero-order chi connectivity index (χ0) is 9.10. The SMILES string of the molecule is [18F]c1ncccc1OC[C@@H]1CCN1. The molecular weight excluding hydrogens is 170 g/mol. The van der Waals surface area contributed by atoms with E-state index in [1.54, 1.807) is 12.1 Å². The largest absolute Gasteiger partial charge is 0.487 e. The maximum Gasteiger partial charge on any atom is 0.255 e. The normalized spacial score (nSPS) is 20.8. The fraction of sp³-hybridized carbons (Fsp3) is 0.444. The molecule has 1 saturated heterocycles. The molecule has 0 bridgehead atoms. The molecule has 0 spiro atoms. The summed E-state index contributed by atoms with van der Waals surface area (Å²) >= 11 is 0. The van der Waals surface area contributed by atoms with Gasteiger partial charge in [0.15, 0.2) is 5.75 Å². The minimum absolute atomic E-state index is 0.233. The Hall–Kier alpha value is -1.16. The smallest absolute Gasteiger partial charge is 0.255 e. The summed E-state index contributed by atoms with van der Waals surface area (Å²) < 4.78 is 18.1. The molecule has 1 fully saturated rings. The fourth-order valence-corrected chi connectivity index (χ4v) is 1.16. The van der Waals surface area contributed by atoms with Gasteiger partial charge in [-0.25, -0.2) is 4.98 Å². The summed E-state index contributed by atoms with van der Waals surface area (Å²) in [4.78, 5) is 3.49. The number of pyridine rings is 1. The molecular formula is C9H11FN2O. The predicted octanol–water partition coefficient (Wildman–Crippen LogP) is 0.961. The molecule has 13 heavy (non-hydrogen) atoms. The Labute approximate surface area is 75.9 Å². The third-order valence-electron chi connectivity index (χ3n) is 2.09. The van der Waals surface area contributed by atoms with E-state index in [9.17, 15) is 4.39 Å². The second-order valence-corrected chi connectivity index (χ2v) is 3.04. The lowest BCUT2D eigenvalue weighted by atomic mass is 10.1. The van der Waals surface area contributed by atoms with E-state index in [2.05, 4.69) is 10.3 Å². The van der Waals surface area contributed by atoms with Gasteiger partial charge in [-0.3, -0.25) is 0 Å². The van der Waals surface area contributed by atoms with Crippen molar-refractivity contribution < 1.29 is 9.13 Å². The number of halogens is 1. The molecule has 0 saturated carbocycles. The van der Waals surface area contributed by atoms with Crippen LogP contribution in [-0.2, 0) is 0 Å². The first-order valence-corrected chi connectivity index (χ1v) is 4.33. The summed E-state index contributed by atoms with van der Waals surface area (Å²) in [5.74, 6) is -0.307. The van der Waals surface area contributed by atoms with Gasteiger partial charge in [-0.2, -0.15) is 4.39 Å². The van der Waals surface area contributed by atoms with E-state index in [-0.39, 0.29) is 5.75 Å². The Balaban J connectivity index is 1.89. The van der Waals surface area contributed by atoms with Crippen LogP contribution in [0.2, 0.25) is 0 Å². The van der Waals surface area contributed by atoms with Crippen LogP contribution in [0.25, 0.3) is 0 Å². The summed E-state index contributed by atoms with van der Waals surface area (Å²) in [6.45, 7) is 1.55. The van der Waals surface area contributed by atoms with E-state index in [4.69, 9.17) is 4.74 Å². The minimum atomic E-state index is -0.540. The minimum Gasteiger partial charge on any atom is -0.487 e. The topological polar surface area (TPSA) is 34.1 Å². The average Bonchev–Trinajstić information content (AvgIpc) is 2.05. The molecule has 0 aliphatic carbocycles. The molecule has 1 aliphatic rings. The Bertz CT molecular complexity index is 289. The van der Waals surface area contributed by atoms with Crippen LogP contribution in [0.5, 0.6) is 5.75 Å². The molecule has 1 aliphatic heterocycles. The molecule has 1 N–H and O–H groups in total. The monoisotopic (exact) mass is 181 g/mol. The highest BCUT2D eigenvalue weighted by Gasteiger charge is 2.17. The van der Waals surface area contributed by atoms with Gasteiger partial charge in [0.25, 0.3) is 5.95 Å². The van der Waals surface area contributed by atoms with Crippen molar-refractivity contribution in [3.63, 3.8) is 0 Å². The van der Waals surface area contributed by atoms with E-state index in [0.717, 1.165) is 13.0 Å². The second-order valence-electron chi connectivity index (χ2n) is 3.04. The standard InChI is InChI=1S/C9H11FN2O/c10-9-8(2-1-4-12-9)13-6-7-3-5-11-7/h1-2,4,7,11H,3,5-6H2/t7-/m0/s1/i10-1. The summed E-state index contributed by atoms with van der Waals surface area (Å²) in [6, 6.07) is 3.62. The molecule has 2 heterocycles. The Morgan fingerprint density at radius 2 is 2.54 bits per heavy atom. The van der Waals surface area contributed by atoms with Crippen molar-refractivity contribution in [1.82, 2.24) is 10.3 Å². The van der Waals surface area contributed by atoms with Crippen LogP contribution in [0, 0.1) is 5.95 Å². The van der Waals surface area contributed by atoms with E-state index in [0.29, 0.717) is 12.6 Å². The highest BCUT2D eigenvalue weighted by atomic mass is 18.2. The van der Waals surface area contributed by atoms with Gasteiger partial charge in [0.05, 0.1) is 0 Å². The first kappa shape index (κ1) is 8.44. The molecule has 0 unspecified atom stereocenters. The fourth-order valence-electron chi connectivity index (χ4n) is 1.16. The van der Waals surface area contributed by atoms with Crippen LogP contribution >= 0.6 is 0 Å². The summed E-state index contributed by atoms with van der Waals surface area (Å²) in [6.07, 6.45) is 2.51. The van der Waals surface area contributed by atoms with Gasteiger partial charge in [-0.05, 0) is 25.1 Å². The van der Waals surface area contributed by atoms with Crippen LogP contribution in [0.15, 0.2) is 18.3 Å². The molecule has 4 heteroatoms. The van der Waals surface area contributed by atoms with Crippen LogP contribution in [-0.4, -0.2) is 24.2 Å². The number of ether oxygens (including phenoxy) is 1. The molecule has 1 aromatic rings.